The Morgan fingerprint density at radius 3 is 2.69 bits per heavy atom. The quantitative estimate of drug-likeness (QED) is 0.764. The van der Waals surface area contributed by atoms with Crippen LogP contribution in [0.15, 0.2) is 11.0 Å². The van der Waals surface area contributed by atoms with E-state index in [2.05, 4.69) is 4.74 Å². The van der Waals surface area contributed by atoms with E-state index in [0.29, 0.717) is 0 Å². The number of nitrogens with zero attached hydrogens (tertiary/aromatic N) is 1. The highest BCUT2D eigenvalue weighted by molar-refractivity contribution is 5.91. The number of carbonyl (C=O) groups excluding carboxylic acids is 1. The number of hydrogen-bond donors (Lipinski definition) is 1. The predicted molar refractivity (Wildman–Crippen MR) is 48.1 cm³/mol. The van der Waals surface area contributed by atoms with Crippen molar-refractivity contribution < 1.29 is 18.3 Å². The minimum atomic E-state index is -3.11. The van der Waals surface area contributed by atoms with Gasteiger partial charge in [-0.1, -0.05) is 0 Å². The van der Waals surface area contributed by atoms with E-state index in [4.69, 9.17) is 5.26 Å². The summed E-state index contributed by atoms with van der Waals surface area (Å²) in [6, 6.07) is 1.33. The van der Waals surface area contributed by atoms with Gasteiger partial charge in [-0.15, -0.1) is 0 Å². The number of halogens is 2. The average molecular weight is 228 g/mol. The number of H-pyrrole nitrogens is 1. The second-order valence-electron chi connectivity index (χ2n) is 2.72. The molecule has 1 rings (SSSR count). The highest BCUT2D eigenvalue weighted by Gasteiger charge is 2.25. The molecule has 0 unspecified atom stereocenters. The van der Waals surface area contributed by atoms with Crippen molar-refractivity contribution in [3.63, 3.8) is 0 Å². The maximum Gasteiger partial charge on any atom is 0.339 e. The molecule has 0 spiro atoms. The van der Waals surface area contributed by atoms with E-state index in [1.165, 1.54) is 6.07 Å². The monoisotopic (exact) mass is 228 g/mol. The van der Waals surface area contributed by atoms with Crippen LogP contribution in [0, 0.1) is 11.3 Å². The summed E-state index contributed by atoms with van der Waals surface area (Å²) < 4.78 is 29.5. The summed E-state index contributed by atoms with van der Waals surface area (Å²) in [5.74, 6) is -1.04. The topological polar surface area (TPSA) is 83.0 Å². The molecule has 7 heteroatoms. The molecule has 0 atom stereocenters. The smallest absolute Gasteiger partial charge is 0.339 e. The fraction of sp³-hybridized carbons (Fsp3) is 0.222. The van der Waals surface area contributed by atoms with Crippen molar-refractivity contribution in [2.45, 2.75) is 6.43 Å². The van der Waals surface area contributed by atoms with Crippen molar-refractivity contribution >= 4 is 5.97 Å². The number of nitriles is 1. The molecule has 0 saturated heterocycles. The third kappa shape index (κ3) is 1.91. The summed E-state index contributed by atoms with van der Waals surface area (Å²) in [4.78, 5) is 24.2. The maximum atomic E-state index is 12.6. The first kappa shape index (κ1) is 11.8. The molecule has 0 aromatic carbocycles. The molecule has 0 amide bonds. The van der Waals surface area contributed by atoms with Crippen LogP contribution in [0.4, 0.5) is 8.78 Å². The molecule has 1 heterocycles. The fourth-order valence-electron chi connectivity index (χ4n) is 1.16. The van der Waals surface area contributed by atoms with Crippen molar-refractivity contribution in [3.05, 3.63) is 33.2 Å². The maximum absolute atomic E-state index is 12.6. The van der Waals surface area contributed by atoms with Crippen molar-refractivity contribution in [1.29, 1.82) is 5.26 Å². The summed E-state index contributed by atoms with van der Waals surface area (Å²) in [6.07, 6.45) is -2.30. The molecular weight excluding hydrogens is 222 g/mol. The van der Waals surface area contributed by atoms with Crippen molar-refractivity contribution in [3.8, 4) is 6.07 Å². The van der Waals surface area contributed by atoms with Crippen LogP contribution in [0.1, 0.15) is 27.9 Å². The number of pyridine rings is 1. The largest absolute Gasteiger partial charge is 0.465 e. The number of nitrogens with one attached hydrogen (secondary N) is 1. The van der Waals surface area contributed by atoms with Crippen LogP contribution in [-0.4, -0.2) is 18.1 Å². The molecule has 0 saturated carbocycles. The third-order valence-corrected chi connectivity index (χ3v) is 1.87. The normalized spacial score (nSPS) is 9.94. The highest BCUT2D eigenvalue weighted by atomic mass is 19.3. The second kappa shape index (κ2) is 4.53. The molecule has 0 fully saturated rings. The van der Waals surface area contributed by atoms with E-state index in [9.17, 15) is 18.4 Å². The molecule has 16 heavy (non-hydrogen) atoms. The zero-order chi connectivity index (χ0) is 12.3. The Labute approximate surface area is 88.3 Å². The lowest BCUT2D eigenvalue weighted by Crippen LogP contribution is -2.18. The third-order valence-electron chi connectivity index (χ3n) is 1.87. The molecule has 1 N–H and O–H groups in total. The Hall–Kier alpha value is -2.23. The minimum absolute atomic E-state index is 0.520. The van der Waals surface area contributed by atoms with E-state index in [1.54, 1.807) is 0 Å². The van der Waals surface area contributed by atoms with Gasteiger partial charge >= 0.3 is 5.97 Å². The van der Waals surface area contributed by atoms with Gasteiger partial charge in [-0.25, -0.2) is 13.6 Å². The first-order valence-corrected chi connectivity index (χ1v) is 4.05. The fourth-order valence-corrected chi connectivity index (χ4v) is 1.16. The van der Waals surface area contributed by atoms with Gasteiger partial charge in [-0.05, 0) is 0 Å². The van der Waals surface area contributed by atoms with Gasteiger partial charge in [0.05, 0.1) is 18.2 Å². The van der Waals surface area contributed by atoms with Crippen molar-refractivity contribution in [2.24, 2.45) is 0 Å². The molecule has 1 aromatic rings. The summed E-state index contributed by atoms with van der Waals surface area (Å²) in [6.45, 7) is 0. The number of rotatable bonds is 2. The standard InChI is InChI=1S/C9H6F2N2O3/c1-16-9(15)5-3-13-8(14)4(2-12)6(5)7(10)11/h3,7H,1H3,(H,13,14). The number of aromatic amines is 1. The van der Waals surface area contributed by atoms with Gasteiger partial charge in [0.2, 0.25) is 0 Å². The van der Waals surface area contributed by atoms with Gasteiger partial charge < -0.3 is 9.72 Å². The highest BCUT2D eigenvalue weighted by Crippen LogP contribution is 2.24. The van der Waals surface area contributed by atoms with Crippen LogP contribution in [-0.2, 0) is 4.74 Å². The molecule has 0 bridgehead atoms. The van der Waals surface area contributed by atoms with Crippen LogP contribution in [0.2, 0.25) is 0 Å². The number of esters is 1. The van der Waals surface area contributed by atoms with Crippen LogP contribution in [0.25, 0.3) is 0 Å². The van der Waals surface area contributed by atoms with Crippen LogP contribution in [0.5, 0.6) is 0 Å². The summed E-state index contributed by atoms with van der Waals surface area (Å²) in [7, 11) is 1.01. The number of methoxy groups -OCH3 is 1. The summed E-state index contributed by atoms with van der Waals surface area (Å²) in [5.41, 5.74) is -3.17. The number of ether oxygens (including phenoxy) is 1. The Balaban J connectivity index is 3.59. The number of alkyl halides is 2. The Morgan fingerprint density at radius 2 is 2.25 bits per heavy atom. The first-order valence-electron chi connectivity index (χ1n) is 4.05. The first-order chi connectivity index (χ1) is 7.52. The second-order valence-corrected chi connectivity index (χ2v) is 2.72. The van der Waals surface area contributed by atoms with Gasteiger partial charge in [-0.3, -0.25) is 4.79 Å². The lowest BCUT2D eigenvalue weighted by molar-refractivity contribution is 0.0588. The zero-order valence-corrected chi connectivity index (χ0v) is 8.08. The molecular formula is C9H6F2N2O3. The van der Waals surface area contributed by atoms with E-state index in [0.717, 1.165) is 13.3 Å². The van der Waals surface area contributed by atoms with Gasteiger partial charge in [0.15, 0.2) is 0 Å². The Bertz CT molecular complexity index is 516. The zero-order valence-electron chi connectivity index (χ0n) is 8.08. The van der Waals surface area contributed by atoms with Crippen molar-refractivity contribution in [1.82, 2.24) is 4.98 Å². The molecule has 84 valence electrons. The van der Waals surface area contributed by atoms with E-state index < -0.39 is 34.6 Å². The Kier molecular flexibility index (Phi) is 3.35. The van der Waals surface area contributed by atoms with Gasteiger partial charge in [0.25, 0.3) is 12.0 Å². The summed E-state index contributed by atoms with van der Waals surface area (Å²) >= 11 is 0. The van der Waals surface area contributed by atoms with Crippen LogP contribution in [0.3, 0.4) is 0 Å². The van der Waals surface area contributed by atoms with Crippen molar-refractivity contribution in [2.75, 3.05) is 7.11 Å². The van der Waals surface area contributed by atoms with Gasteiger partial charge in [-0.2, -0.15) is 5.26 Å². The molecule has 0 aliphatic rings. The Morgan fingerprint density at radius 1 is 1.62 bits per heavy atom. The molecule has 0 radical (unpaired) electrons. The molecule has 0 aliphatic heterocycles. The molecule has 1 aromatic heterocycles. The van der Waals surface area contributed by atoms with E-state index in [1.807, 2.05) is 4.98 Å². The minimum Gasteiger partial charge on any atom is -0.465 e. The van der Waals surface area contributed by atoms with E-state index >= 15 is 0 Å². The summed E-state index contributed by atoms with van der Waals surface area (Å²) in [5, 5.41) is 8.57. The molecule has 0 aliphatic carbocycles. The SMILES string of the molecule is COC(=O)c1c[nH]c(=O)c(C#N)c1C(F)F. The lowest BCUT2D eigenvalue weighted by atomic mass is 10.1. The number of aromatic nitrogens is 1. The van der Waals surface area contributed by atoms with E-state index in [-0.39, 0.29) is 0 Å². The number of hydrogen-bond acceptors (Lipinski definition) is 4. The molecule has 5 nitrogen and oxygen atoms in total. The predicted octanol–water partition coefficient (Wildman–Crippen LogP) is 0.971. The average Bonchev–Trinajstić information content (AvgIpc) is 2.27. The van der Waals surface area contributed by atoms with Gasteiger partial charge in [0.1, 0.15) is 11.6 Å². The number of carbonyl (C=O) groups is 1. The van der Waals surface area contributed by atoms with Crippen LogP contribution < -0.4 is 5.56 Å². The lowest BCUT2D eigenvalue weighted by Gasteiger charge is -2.07. The van der Waals surface area contributed by atoms with Crippen LogP contribution >= 0.6 is 0 Å². The van der Waals surface area contributed by atoms with Gasteiger partial charge in [0, 0.05) is 6.20 Å².